The van der Waals surface area contributed by atoms with Crippen molar-refractivity contribution in [2.24, 2.45) is 0 Å². The Morgan fingerprint density at radius 2 is 2.17 bits per heavy atom. The van der Waals surface area contributed by atoms with Crippen LogP contribution in [0.2, 0.25) is 0 Å². The lowest BCUT2D eigenvalue weighted by molar-refractivity contribution is -0.125. The van der Waals surface area contributed by atoms with E-state index in [-0.39, 0.29) is 17.2 Å². The maximum absolute atomic E-state index is 11.9. The molecular formula is C15H19N3O5. The normalized spacial score (nSPS) is 17.4. The summed E-state index contributed by atoms with van der Waals surface area (Å²) in [6, 6.07) is 2.53. The highest BCUT2D eigenvalue weighted by Gasteiger charge is 2.29. The molecule has 0 bridgehead atoms. The van der Waals surface area contributed by atoms with Gasteiger partial charge in [0.1, 0.15) is 11.4 Å². The zero-order valence-corrected chi connectivity index (χ0v) is 12.9. The molecule has 1 amide bonds. The number of hydrogen-bond donors (Lipinski definition) is 1. The van der Waals surface area contributed by atoms with E-state index in [2.05, 4.69) is 4.98 Å². The fourth-order valence-electron chi connectivity index (χ4n) is 2.40. The van der Waals surface area contributed by atoms with Crippen LogP contribution in [0.4, 0.5) is 10.6 Å². The molecule has 1 aliphatic carbocycles. The summed E-state index contributed by atoms with van der Waals surface area (Å²) >= 11 is 0. The number of rotatable bonds is 4. The van der Waals surface area contributed by atoms with Gasteiger partial charge in [-0.3, -0.25) is 4.79 Å². The van der Waals surface area contributed by atoms with Crippen molar-refractivity contribution in [2.75, 3.05) is 19.6 Å². The number of nitrogens with two attached hydrogens (primary N) is 1. The number of anilines is 1. The van der Waals surface area contributed by atoms with Crippen LogP contribution in [0.15, 0.2) is 18.3 Å². The second kappa shape index (κ2) is 7.57. The summed E-state index contributed by atoms with van der Waals surface area (Å²) < 4.78 is 9.70. The Labute approximate surface area is 133 Å². The lowest BCUT2D eigenvalue weighted by atomic mass is 9.93. The third kappa shape index (κ3) is 4.18. The number of likely N-dealkylation sites (N-methyl/N-ethyl adjacent to an activating group) is 1. The molecule has 0 aromatic carbocycles. The van der Waals surface area contributed by atoms with E-state index in [1.54, 1.807) is 6.07 Å². The molecule has 0 spiro atoms. The summed E-state index contributed by atoms with van der Waals surface area (Å²) in [7, 11) is 1.50. The van der Waals surface area contributed by atoms with E-state index in [1.165, 1.54) is 24.2 Å². The van der Waals surface area contributed by atoms with Crippen molar-refractivity contribution < 1.29 is 23.9 Å². The molecule has 1 saturated carbocycles. The van der Waals surface area contributed by atoms with Crippen LogP contribution in [-0.2, 0) is 14.3 Å². The van der Waals surface area contributed by atoms with E-state index in [9.17, 15) is 14.4 Å². The minimum atomic E-state index is -0.736. The minimum Gasteiger partial charge on any atom is -0.424 e. The molecular weight excluding hydrogens is 302 g/mol. The highest BCUT2D eigenvalue weighted by Crippen LogP contribution is 2.19. The molecule has 1 atom stereocenters. The van der Waals surface area contributed by atoms with Crippen LogP contribution in [0.5, 0.6) is 0 Å². The van der Waals surface area contributed by atoms with Crippen LogP contribution in [0, 0.1) is 0 Å². The SMILES string of the molecule is CN(C(=O)OCOC(=O)c1cccnc1N)[C@@H]1CCCCC1=O. The predicted octanol–water partition coefficient (Wildman–Crippen LogP) is 1.36. The van der Waals surface area contributed by atoms with Gasteiger partial charge in [0.05, 0.1) is 6.04 Å². The van der Waals surface area contributed by atoms with Crippen LogP contribution in [0.1, 0.15) is 36.0 Å². The summed E-state index contributed by atoms with van der Waals surface area (Å²) in [5.74, 6) is -0.677. The number of amides is 1. The summed E-state index contributed by atoms with van der Waals surface area (Å²) in [5, 5.41) is 0. The van der Waals surface area contributed by atoms with Gasteiger partial charge in [0.25, 0.3) is 0 Å². The number of pyridine rings is 1. The molecule has 8 heteroatoms. The topological polar surface area (TPSA) is 112 Å². The lowest BCUT2D eigenvalue weighted by Crippen LogP contribution is -2.44. The van der Waals surface area contributed by atoms with Gasteiger partial charge in [-0.25, -0.2) is 14.6 Å². The zero-order chi connectivity index (χ0) is 16.8. The Kier molecular flexibility index (Phi) is 5.51. The molecule has 1 aliphatic rings. The average Bonchev–Trinajstić information content (AvgIpc) is 2.54. The second-order valence-electron chi connectivity index (χ2n) is 5.23. The molecule has 1 aromatic heterocycles. The number of carbonyl (C=O) groups is 3. The quantitative estimate of drug-likeness (QED) is 0.658. The molecule has 0 unspecified atom stereocenters. The van der Waals surface area contributed by atoms with Gasteiger partial charge in [-0.2, -0.15) is 0 Å². The minimum absolute atomic E-state index is 0.0239. The molecule has 124 valence electrons. The van der Waals surface area contributed by atoms with E-state index in [4.69, 9.17) is 15.2 Å². The van der Waals surface area contributed by atoms with Crippen molar-refractivity contribution in [3.63, 3.8) is 0 Å². The van der Waals surface area contributed by atoms with Gasteiger partial charge in [-0.1, -0.05) is 6.42 Å². The largest absolute Gasteiger partial charge is 0.424 e. The number of ether oxygens (including phenoxy) is 2. The van der Waals surface area contributed by atoms with Crippen molar-refractivity contribution in [2.45, 2.75) is 31.7 Å². The van der Waals surface area contributed by atoms with E-state index in [0.29, 0.717) is 12.8 Å². The lowest BCUT2D eigenvalue weighted by Gasteiger charge is -2.29. The Bertz CT molecular complexity index is 605. The van der Waals surface area contributed by atoms with Gasteiger partial charge >= 0.3 is 12.1 Å². The Morgan fingerprint density at radius 1 is 1.39 bits per heavy atom. The van der Waals surface area contributed by atoms with E-state index in [0.717, 1.165) is 12.8 Å². The fraction of sp³-hybridized carbons (Fsp3) is 0.467. The summed E-state index contributed by atoms with van der Waals surface area (Å²) in [6.45, 7) is -0.558. The summed E-state index contributed by atoms with van der Waals surface area (Å²) in [6.07, 6.45) is 3.57. The first-order valence-electron chi connectivity index (χ1n) is 7.30. The zero-order valence-electron chi connectivity index (χ0n) is 12.9. The van der Waals surface area contributed by atoms with Crippen LogP contribution in [-0.4, -0.2) is 47.6 Å². The van der Waals surface area contributed by atoms with Crippen molar-refractivity contribution in [3.8, 4) is 0 Å². The third-order valence-corrected chi connectivity index (χ3v) is 3.71. The monoisotopic (exact) mass is 321 g/mol. The number of ketones is 1. The number of carbonyl (C=O) groups excluding carboxylic acids is 3. The smallest absolute Gasteiger partial charge is 0.413 e. The van der Waals surface area contributed by atoms with E-state index in [1.807, 2.05) is 0 Å². The summed E-state index contributed by atoms with van der Waals surface area (Å²) in [5.41, 5.74) is 5.65. The van der Waals surface area contributed by atoms with Gasteiger partial charge in [0, 0.05) is 19.7 Å². The summed E-state index contributed by atoms with van der Waals surface area (Å²) in [4.78, 5) is 40.5. The third-order valence-electron chi connectivity index (χ3n) is 3.71. The highest BCUT2D eigenvalue weighted by molar-refractivity contribution is 5.94. The number of esters is 1. The molecule has 1 aromatic rings. The second-order valence-corrected chi connectivity index (χ2v) is 5.23. The van der Waals surface area contributed by atoms with Crippen molar-refractivity contribution in [1.82, 2.24) is 9.88 Å². The van der Waals surface area contributed by atoms with Crippen molar-refractivity contribution in [3.05, 3.63) is 23.9 Å². The molecule has 0 aliphatic heterocycles. The maximum atomic E-state index is 11.9. The molecule has 8 nitrogen and oxygen atoms in total. The number of aromatic nitrogens is 1. The predicted molar refractivity (Wildman–Crippen MR) is 80.4 cm³/mol. The first-order valence-corrected chi connectivity index (χ1v) is 7.30. The fourth-order valence-corrected chi connectivity index (χ4v) is 2.40. The van der Waals surface area contributed by atoms with Crippen molar-refractivity contribution >= 4 is 23.7 Å². The van der Waals surface area contributed by atoms with Crippen LogP contribution >= 0.6 is 0 Å². The van der Waals surface area contributed by atoms with Crippen molar-refractivity contribution in [1.29, 1.82) is 0 Å². The first kappa shape index (κ1) is 16.7. The maximum Gasteiger partial charge on any atom is 0.413 e. The standard InChI is InChI=1S/C15H19N3O5/c1-18(11-6-2-3-7-12(11)19)15(21)23-9-22-14(20)10-5-4-8-17-13(10)16/h4-5,8,11H,2-3,6-7,9H2,1H3,(H2,16,17)/t11-/m1/s1. The molecule has 23 heavy (non-hydrogen) atoms. The number of nitrogens with zero attached hydrogens (tertiary/aromatic N) is 2. The average molecular weight is 321 g/mol. The van der Waals surface area contributed by atoms with Crippen LogP contribution in [0.25, 0.3) is 0 Å². The first-order chi connectivity index (χ1) is 11.0. The molecule has 1 fully saturated rings. The van der Waals surface area contributed by atoms with Gasteiger partial charge in [0.15, 0.2) is 5.78 Å². The van der Waals surface area contributed by atoms with Gasteiger partial charge < -0.3 is 20.1 Å². The van der Waals surface area contributed by atoms with Gasteiger partial charge in [0.2, 0.25) is 6.79 Å². The Hall–Kier alpha value is -2.64. The molecule has 0 radical (unpaired) electrons. The van der Waals surface area contributed by atoms with Crippen LogP contribution in [0.3, 0.4) is 0 Å². The van der Waals surface area contributed by atoms with Gasteiger partial charge in [-0.05, 0) is 25.0 Å². The van der Waals surface area contributed by atoms with E-state index >= 15 is 0 Å². The highest BCUT2D eigenvalue weighted by atomic mass is 16.7. The Balaban J connectivity index is 1.81. The Morgan fingerprint density at radius 3 is 2.87 bits per heavy atom. The molecule has 2 rings (SSSR count). The van der Waals surface area contributed by atoms with Crippen LogP contribution < -0.4 is 5.73 Å². The van der Waals surface area contributed by atoms with Gasteiger partial charge in [-0.15, -0.1) is 0 Å². The number of hydrogen-bond acceptors (Lipinski definition) is 7. The molecule has 1 heterocycles. The molecule has 0 saturated heterocycles. The molecule has 2 N–H and O–H groups in total. The van der Waals surface area contributed by atoms with E-state index < -0.39 is 24.9 Å². The number of Topliss-reactive ketones (excluding diaryl/α,β-unsaturated/α-hetero) is 1. The number of nitrogen functional groups attached to an aromatic ring is 1.